The topological polar surface area (TPSA) is 54.0 Å². The molecule has 24 heavy (non-hydrogen) atoms. The number of esters is 1. The average Bonchev–Trinajstić information content (AvgIpc) is 2.57. The van der Waals surface area contributed by atoms with Crippen LogP contribution < -0.4 is 18.9 Å². The molecule has 0 radical (unpaired) electrons. The number of aryl methyl sites for hydroxylation is 2. The highest BCUT2D eigenvalue weighted by Crippen LogP contribution is 2.38. The van der Waals surface area contributed by atoms with Crippen LogP contribution in [-0.2, 0) is 11.2 Å². The van der Waals surface area contributed by atoms with Gasteiger partial charge in [-0.25, -0.2) is 0 Å². The Morgan fingerprint density at radius 1 is 0.875 bits per heavy atom. The Labute approximate surface area is 142 Å². The second kappa shape index (κ2) is 7.73. The van der Waals surface area contributed by atoms with Gasteiger partial charge in [-0.1, -0.05) is 6.07 Å². The molecule has 5 heteroatoms. The van der Waals surface area contributed by atoms with Gasteiger partial charge in [0.25, 0.3) is 0 Å². The minimum atomic E-state index is -0.354. The lowest BCUT2D eigenvalue weighted by molar-refractivity contribution is -0.133. The number of hydrogen-bond donors (Lipinski definition) is 0. The number of carbonyl (C=O) groups excluding carboxylic acids is 1. The number of benzene rings is 2. The molecular weight excluding hydrogens is 308 g/mol. The molecule has 0 fully saturated rings. The van der Waals surface area contributed by atoms with Gasteiger partial charge in [-0.15, -0.1) is 0 Å². The third kappa shape index (κ3) is 3.98. The zero-order valence-corrected chi connectivity index (χ0v) is 14.6. The molecule has 2 rings (SSSR count). The molecule has 0 N–H and O–H groups in total. The Kier molecular flexibility index (Phi) is 5.68. The highest BCUT2D eigenvalue weighted by atomic mass is 16.5. The number of hydrogen-bond acceptors (Lipinski definition) is 5. The highest BCUT2D eigenvalue weighted by molar-refractivity contribution is 5.76. The van der Waals surface area contributed by atoms with E-state index < -0.39 is 0 Å². The molecule has 5 nitrogen and oxygen atoms in total. The summed E-state index contributed by atoms with van der Waals surface area (Å²) in [5.41, 5.74) is 2.95. The maximum absolute atomic E-state index is 12.2. The predicted octanol–water partition coefficient (Wildman–Crippen LogP) is 3.48. The molecule has 0 bridgehead atoms. The van der Waals surface area contributed by atoms with Gasteiger partial charge in [-0.3, -0.25) is 4.79 Å². The van der Waals surface area contributed by atoms with Crippen LogP contribution in [0.5, 0.6) is 23.0 Å². The van der Waals surface area contributed by atoms with E-state index in [2.05, 4.69) is 0 Å². The Morgan fingerprint density at radius 2 is 1.50 bits per heavy atom. The van der Waals surface area contributed by atoms with Gasteiger partial charge in [0, 0.05) is 0 Å². The van der Waals surface area contributed by atoms with E-state index in [1.165, 1.54) is 21.3 Å². The first-order valence-electron chi connectivity index (χ1n) is 7.55. The summed E-state index contributed by atoms with van der Waals surface area (Å²) in [6, 6.07) is 9.04. The molecule has 128 valence electrons. The van der Waals surface area contributed by atoms with Crippen LogP contribution in [0.1, 0.15) is 16.7 Å². The average molecular weight is 330 g/mol. The Morgan fingerprint density at radius 3 is 2.00 bits per heavy atom. The van der Waals surface area contributed by atoms with Crippen LogP contribution in [0.3, 0.4) is 0 Å². The van der Waals surface area contributed by atoms with E-state index in [9.17, 15) is 4.79 Å². The minimum Gasteiger partial charge on any atom is -0.493 e. The van der Waals surface area contributed by atoms with Crippen LogP contribution in [0.4, 0.5) is 0 Å². The molecule has 0 aliphatic heterocycles. The Bertz CT molecular complexity index is 712. The monoisotopic (exact) mass is 330 g/mol. The molecule has 0 aliphatic rings. The van der Waals surface area contributed by atoms with Crippen molar-refractivity contribution >= 4 is 5.97 Å². The highest BCUT2D eigenvalue weighted by Gasteiger charge is 2.15. The molecule has 2 aromatic rings. The van der Waals surface area contributed by atoms with Crippen LogP contribution in [0.25, 0.3) is 0 Å². The van der Waals surface area contributed by atoms with E-state index in [0.717, 1.165) is 16.7 Å². The lowest BCUT2D eigenvalue weighted by Gasteiger charge is -2.14. The van der Waals surface area contributed by atoms with Gasteiger partial charge < -0.3 is 18.9 Å². The predicted molar refractivity (Wildman–Crippen MR) is 91.4 cm³/mol. The Hall–Kier alpha value is -2.69. The van der Waals surface area contributed by atoms with Crippen molar-refractivity contribution in [1.82, 2.24) is 0 Å². The van der Waals surface area contributed by atoms with Crippen LogP contribution in [-0.4, -0.2) is 27.3 Å². The SMILES string of the molecule is COc1cc(CC(=O)Oc2ccc(C)c(C)c2)cc(OC)c1OC. The van der Waals surface area contributed by atoms with Crippen molar-refractivity contribution in [1.29, 1.82) is 0 Å². The van der Waals surface area contributed by atoms with Gasteiger partial charge in [0.2, 0.25) is 5.75 Å². The van der Waals surface area contributed by atoms with Crippen molar-refractivity contribution in [3.63, 3.8) is 0 Å². The zero-order valence-electron chi connectivity index (χ0n) is 14.6. The van der Waals surface area contributed by atoms with Crippen molar-refractivity contribution in [3.05, 3.63) is 47.0 Å². The lowest BCUT2D eigenvalue weighted by Crippen LogP contribution is -2.12. The standard InChI is InChI=1S/C19H22O5/c1-12-6-7-15(8-13(12)2)24-18(20)11-14-9-16(21-3)19(23-5)17(10-14)22-4/h6-10H,11H2,1-5H3. The van der Waals surface area contributed by atoms with Crippen LogP contribution in [0, 0.1) is 13.8 Å². The maximum Gasteiger partial charge on any atom is 0.315 e. The van der Waals surface area contributed by atoms with Crippen molar-refractivity contribution < 1.29 is 23.7 Å². The molecule has 0 aliphatic carbocycles. The van der Waals surface area contributed by atoms with E-state index in [1.54, 1.807) is 18.2 Å². The molecule has 2 aromatic carbocycles. The normalized spacial score (nSPS) is 10.2. The smallest absolute Gasteiger partial charge is 0.315 e. The van der Waals surface area contributed by atoms with E-state index in [1.807, 2.05) is 26.0 Å². The zero-order chi connectivity index (χ0) is 17.7. The fraction of sp³-hybridized carbons (Fsp3) is 0.316. The summed E-state index contributed by atoms with van der Waals surface area (Å²) in [5, 5.41) is 0. The van der Waals surface area contributed by atoms with Crippen LogP contribution >= 0.6 is 0 Å². The molecule has 0 aromatic heterocycles. The van der Waals surface area contributed by atoms with E-state index >= 15 is 0 Å². The van der Waals surface area contributed by atoms with Crippen molar-refractivity contribution in [3.8, 4) is 23.0 Å². The molecular formula is C19H22O5. The summed E-state index contributed by atoms with van der Waals surface area (Å²) in [5.74, 6) is 1.69. The summed E-state index contributed by atoms with van der Waals surface area (Å²) < 4.78 is 21.3. The van der Waals surface area contributed by atoms with Gasteiger partial charge in [-0.2, -0.15) is 0 Å². The van der Waals surface area contributed by atoms with Crippen molar-refractivity contribution in [2.75, 3.05) is 21.3 Å². The number of ether oxygens (including phenoxy) is 4. The fourth-order valence-corrected chi connectivity index (χ4v) is 2.35. The number of methoxy groups -OCH3 is 3. The Balaban J connectivity index is 2.17. The second-order valence-corrected chi connectivity index (χ2v) is 5.43. The molecule has 0 heterocycles. The molecule has 0 atom stereocenters. The molecule has 0 spiro atoms. The van der Waals surface area contributed by atoms with Gasteiger partial charge in [0.1, 0.15) is 5.75 Å². The fourth-order valence-electron chi connectivity index (χ4n) is 2.35. The summed E-state index contributed by atoms with van der Waals surface area (Å²) >= 11 is 0. The van der Waals surface area contributed by atoms with Crippen molar-refractivity contribution in [2.24, 2.45) is 0 Å². The molecule has 0 amide bonds. The summed E-state index contributed by atoms with van der Waals surface area (Å²) in [4.78, 5) is 12.2. The van der Waals surface area contributed by atoms with Gasteiger partial charge in [0.15, 0.2) is 11.5 Å². The first-order valence-corrected chi connectivity index (χ1v) is 7.55. The molecule has 0 unspecified atom stereocenters. The third-order valence-corrected chi connectivity index (χ3v) is 3.78. The lowest BCUT2D eigenvalue weighted by atomic mass is 10.1. The molecule has 0 saturated heterocycles. The van der Waals surface area contributed by atoms with Gasteiger partial charge >= 0.3 is 5.97 Å². The van der Waals surface area contributed by atoms with Crippen LogP contribution in [0.15, 0.2) is 30.3 Å². The van der Waals surface area contributed by atoms with Gasteiger partial charge in [0.05, 0.1) is 27.8 Å². The van der Waals surface area contributed by atoms with E-state index in [4.69, 9.17) is 18.9 Å². The second-order valence-electron chi connectivity index (χ2n) is 5.43. The van der Waals surface area contributed by atoms with Gasteiger partial charge in [-0.05, 0) is 54.8 Å². The minimum absolute atomic E-state index is 0.101. The van der Waals surface area contributed by atoms with E-state index in [-0.39, 0.29) is 12.4 Å². The largest absolute Gasteiger partial charge is 0.493 e. The third-order valence-electron chi connectivity index (χ3n) is 3.78. The van der Waals surface area contributed by atoms with Crippen molar-refractivity contribution in [2.45, 2.75) is 20.3 Å². The summed E-state index contributed by atoms with van der Waals surface area (Å²) in [6.45, 7) is 3.99. The van der Waals surface area contributed by atoms with E-state index in [0.29, 0.717) is 23.0 Å². The summed E-state index contributed by atoms with van der Waals surface area (Å²) in [7, 11) is 4.61. The quantitative estimate of drug-likeness (QED) is 0.599. The number of rotatable bonds is 6. The maximum atomic E-state index is 12.2. The number of carbonyl (C=O) groups is 1. The first-order chi connectivity index (χ1) is 11.5. The van der Waals surface area contributed by atoms with Crippen LogP contribution in [0.2, 0.25) is 0 Å². The molecule has 0 saturated carbocycles. The summed E-state index contributed by atoms with van der Waals surface area (Å²) in [6.07, 6.45) is 0.101. The first kappa shape index (κ1) is 17.7.